The van der Waals surface area contributed by atoms with Gasteiger partial charge in [0.1, 0.15) is 12.4 Å². The number of alkyl halides is 2. The van der Waals surface area contributed by atoms with Crippen LogP contribution in [0.25, 0.3) is 0 Å². The first-order valence-corrected chi connectivity index (χ1v) is 6.81. The van der Waals surface area contributed by atoms with Gasteiger partial charge in [0, 0.05) is 5.33 Å². The Kier molecular flexibility index (Phi) is 5.78. The molecule has 0 aromatic heterocycles. The number of rotatable bonds is 6. The van der Waals surface area contributed by atoms with Gasteiger partial charge >= 0.3 is 5.97 Å². The van der Waals surface area contributed by atoms with Crippen LogP contribution in [-0.4, -0.2) is 29.4 Å². The fourth-order valence-corrected chi connectivity index (χ4v) is 1.48. The summed E-state index contributed by atoms with van der Waals surface area (Å²) in [5, 5.41) is 0.586. The van der Waals surface area contributed by atoms with Crippen molar-refractivity contribution in [1.29, 1.82) is 0 Å². The zero-order chi connectivity index (χ0) is 12.7. The predicted octanol–water partition coefficient (Wildman–Crippen LogP) is 3.00. The Morgan fingerprint density at radius 2 is 2.06 bits per heavy atom. The molecule has 94 valence electrons. The number of para-hydroxylation sites is 1. The molecular weight excluding hydrogens is 307 g/mol. The van der Waals surface area contributed by atoms with Crippen LogP contribution in [0.4, 0.5) is 0 Å². The molecule has 1 rings (SSSR count). The smallest absolute Gasteiger partial charge is 0.351 e. The first-order chi connectivity index (χ1) is 8.12. The van der Waals surface area contributed by atoms with E-state index in [1.54, 1.807) is 19.1 Å². The lowest BCUT2D eigenvalue weighted by Crippen LogP contribution is -2.45. The van der Waals surface area contributed by atoms with Gasteiger partial charge in [-0.3, -0.25) is 0 Å². The summed E-state index contributed by atoms with van der Waals surface area (Å²) in [5.74, 6) is 0.158. The van der Waals surface area contributed by atoms with Gasteiger partial charge in [-0.1, -0.05) is 34.1 Å². The third-order valence-electron chi connectivity index (χ3n) is 2.08. The number of benzene rings is 1. The quantitative estimate of drug-likeness (QED) is 0.597. The second kappa shape index (κ2) is 6.87. The summed E-state index contributed by atoms with van der Waals surface area (Å²) in [6, 6.07) is 9.06. The summed E-state index contributed by atoms with van der Waals surface area (Å²) in [6.07, 6.45) is 0. The van der Waals surface area contributed by atoms with Gasteiger partial charge in [-0.25, -0.2) is 4.79 Å². The Morgan fingerprint density at radius 3 is 2.59 bits per heavy atom. The summed E-state index contributed by atoms with van der Waals surface area (Å²) in [5.41, 5.74) is -1.16. The van der Waals surface area contributed by atoms with Crippen LogP contribution in [0.1, 0.15) is 6.92 Å². The minimum atomic E-state index is -1.16. The Bertz CT molecular complexity index is 358. The lowest BCUT2D eigenvalue weighted by molar-refractivity contribution is -0.158. The van der Waals surface area contributed by atoms with E-state index in [4.69, 9.17) is 21.1 Å². The molecule has 0 heterocycles. The maximum absolute atomic E-state index is 11.8. The third kappa shape index (κ3) is 4.21. The Balaban J connectivity index is 2.71. The molecule has 5 heteroatoms. The van der Waals surface area contributed by atoms with Gasteiger partial charge in [-0.05, 0) is 19.1 Å². The average molecular weight is 322 g/mol. The minimum absolute atomic E-state index is 0.0308. The first kappa shape index (κ1) is 14.3. The normalized spacial score (nSPS) is 13.8. The van der Waals surface area contributed by atoms with Gasteiger partial charge < -0.3 is 9.47 Å². The summed E-state index contributed by atoms with van der Waals surface area (Å²) in [4.78, 5) is 11.8. The van der Waals surface area contributed by atoms with Gasteiger partial charge in [-0.2, -0.15) is 0 Å². The van der Waals surface area contributed by atoms with Crippen molar-refractivity contribution in [1.82, 2.24) is 0 Å². The molecule has 0 fully saturated rings. The average Bonchev–Trinajstić information content (AvgIpc) is 2.36. The highest BCUT2D eigenvalue weighted by Crippen LogP contribution is 2.20. The predicted molar refractivity (Wildman–Crippen MR) is 70.9 cm³/mol. The van der Waals surface area contributed by atoms with Crippen molar-refractivity contribution in [2.75, 3.05) is 17.8 Å². The van der Waals surface area contributed by atoms with Crippen LogP contribution in [0.15, 0.2) is 30.3 Å². The number of halogens is 2. The molecule has 1 atom stereocenters. The van der Waals surface area contributed by atoms with Crippen LogP contribution in [0.5, 0.6) is 5.75 Å². The van der Waals surface area contributed by atoms with E-state index in [1.807, 2.05) is 18.2 Å². The SMILES string of the molecule is CC(CCl)(Oc1ccccc1)C(=O)OCCBr. The van der Waals surface area contributed by atoms with E-state index in [1.165, 1.54) is 0 Å². The van der Waals surface area contributed by atoms with Crippen molar-refractivity contribution in [2.45, 2.75) is 12.5 Å². The number of carbonyl (C=O) groups is 1. The van der Waals surface area contributed by atoms with Crippen LogP contribution < -0.4 is 4.74 Å². The minimum Gasteiger partial charge on any atom is -0.475 e. The van der Waals surface area contributed by atoms with Crippen molar-refractivity contribution >= 4 is 33.5 Å². The molecule has 0 bridgehead atoms. The van der Waals surface area contributed by atoms with Gasteiger partial charge in [-0.15, -0.1) is 11.6 Å². The molecule has 17 heavy (non-hydrogen) atoms. The van der Waals surface area contributed by atoms with Crippen LogP contribution in [0, 0.1) is 0 Å². The molecule has 1 aromatic rings. The maximum Gasteiger partial charge on any atom is 0.351 e. The second-order valence-corrected chi connectivity index (χ2v) is 4.66. The molecule has 0 saturated heterocycles. The Hall–Kier alpha value is -0.740. The highest BCUT2D eigenvalue weighted by Gasteiger charge is 2.36. The topological polar surface area (TPSA) is 35.5 Å². The molecule has 0 amide bonds. The zero-order valence-electron chi connectivity index (χ0n) is 9.49. The summed E-state index contributed by atoms with van der Waals surface area (Å²) in [6.45, 7) is 1.91. The first-order valence-electron chi connectivity index (χ1n) is 5.15. The molecule has 0 radical (unpaired) electrons. The number of hydrogen-bond donors (Lipinski definition) is 0. The van der Waals surface area contributed by atoms with Crippen molar-refractivity contribution in [3.05, 3.63) is 30.3 Å². The summed E-state index contributed by atoms with van der Waals surface area (Å²) < 4.78 is 10.6. The molecule has 0 saturated carbocycles. The highest BCUT2D eigenvalue weighted by atomic mass is 79.9. The number of hydrogen-bond acceptors (Lipinski definition) is 3. The Labute approximate surface area is 114 Å². The van der Waals surface area contributed by atoms with E-state index in [0.29, 0.717) is 17.7 Å². The summed E-state index contributed by atoms with van der Waals surface area (Å²) in [7, 11) is 0. The zero-order valence-corrected chi connectivity index (χ0v) is 11.8. The fourth-order valence-electron chi connectivity index (χ4n) is 1.16. The van der Waals surface area contributed by atoms with Crippen LogP contribution in [0.2, 0.25) is 0 Å². The van der Waals surface area contributed by atoms with E-state index in [2.05, 4.69) is 15.9 Å². The van der Waals surface area contributed by atoms with Crippen molar-refractivity contribution < 1.29 is 14.3 Å². The number of esters is 1. The lowest BCUT2D eigenvalue weighted by Gasteiger charge is -2.26. The van der Waals surface area contributed by atoms with E-state index >= 15 is 0 Å². The highest BCUT2D eigenvalue weighted by molar-refractivity contribution is 9.09. The molecule has 0 aliphatic carbocycles. The van der Waals surface area contributed by atoms with Crippen molar-refractivity contribution in [3.8, 4) is 5.75 Å². The van der Waals surface area contributed by atoms with Crippen LogP contribution >= 0.6 is 27.5 Å². The standard InChI is InChI=1S/C12H14BrClO3/c1-12(9-14,11(15)16-8-7-13)17-10-5-3-2-4-6-10/h2-6H,7-9H2,1H3. The van der Waals surface area contributed by atoms with Crippen molar-refractivity contribution in [3.63, 3.8) is 0 Å². The van der Waals surface area contributed by atoms with Crippen molar-refractivity contribution in [2.24, 2.45) is 0 Å². The maximum atomic E-state index is 11.8. The largest absolute Gasteiger partial charge is 0.475 e. The van der Waals surface area contributed by atoms with Crippen LogP contribution in [-0.2, 0) is 9.53 Å². The molecule has 1 unspecified atom stereocenters. The second-order valence-electron chi connectivity index (χ2n) is 3.60. The van der Waals surface area contributed by atoms with E-state index < -0.39 is 11.6 Å². The monoisotopic (exact) mass is 320 g/mol. The Morgan fingerprint density at radius 1 is 1.41 bits per heavy atom. The van der Waals surface area contributed by atoms with Gasteiger partial charge in [0.05, 0.1) is 5.88 Å². The molecule has 0 N–H and O–H groups in total. The molecule has 1 aromatic carbocycles. The van der Waals surface area contributed by atoms with Gasteiger partial charge in [0.25, 0.3) is 0 Å². The molecular formula is C12H14BrClO3. The van der Waals surface area contributed by atoms with E-state index in [9.17, 15) is 4.79 Å². The lowest BCUT2D eigenvalue weighted by atomic mass is 10.1. The van der Waals surface area contributed by atoms with Crippen LogP contribution in [0.3, 0.4) is 0 Å². The van der Waals surface area contributed by atoms with E-state index in [-0.39, 0.29) is 5.88 Å². The number of ether oxygens (including phenoxy) is 2. The van der Waals surface area contributed by atoms with Gasteiger partial charge in [0.2, 0.25) is 5.60 Å². The van der Waals surface area contributed by atoms with Gasteiger partial charge in [0.15, 0.2) is 0 Å². The van der Waals surface area contributed by atoms with E-state index in [0.717, 1.165) is 0 Å². The number of carbonyl (C=O) groups excluding carboxylic acids is 1. The fraction of sp³-hybridized carbons (Fsp3) is 0.417. The molecule has 3 nitrogen and oxygen atoms in total. The molecule has 0 spiro atoms. The summed E-state index contributed by atoms with van der Waals surface area (Å²) >= 11 is 8.98. The molecule has 0 aliphatic rings. The third-order valence-corrected chi connectivity index (χ3v) is 2.92. The molecule has 0 aliphatic heterocycles.